The Morgan fingerprint density at radius 2 is 1.76 bits per heavy atom. The number of pyridine rings is 1. The third-order valence-corrected chi connectivity index (χ3v) is 5.25. The quantitative estimate of drug-likeness (QED) is 0.706. The Kier molecular flexibility index (Phi) is 4.92. The number of thioether (sulfide) groups is 1. The highest BCUT2D eigenvalue weighted by molar-refractivity contribution is 7.99. The van der Waals surface area contributed by atoms with Crippen molar-refractivity contribution in [1.82, 2.24) is 19.7 Å². The van der Waals surface area contributed by atoms with Crippen molar-refractivity contribution in [3.05, 3.63) is 53.9 Å². The van der Waals surface area contributed by atoms with Gasteiger partial charge in [0.1, 0.15) is 0 Å². The van der Waals surface area contributed by atoms with Gasteiger partial charge in [-0.05, 0) is 63.1 Å². The van der Waals surface area contributed by atoms with Gasteiger partial charge in [-0.25, -0.2) is 0 Å². The molecule has 0 saturated carbocycles. The lowest BCUT2D eigenvalue weighted by atomic mass is 10.1. The maximum absolute atomic E-state index is 10.1. The lowest BCUT2D eigenvalue weighted by Crippen LogP contribution is -2.22. The highest BCUT2D eigenvalue weighted by Gasteiger charge is 2.20. The van der Waals surface area contributed by atoms with Crippen molar-refractivity contribution in [2.45, 2.75) is 38.5 Å². The van der Waals surface area contributed by atoms with Crippen LogP contribution in [0.4, 0.5) is 0 Å². The Balaban J connectivity index is 2.11. The Labute approximate surface area is 152 Å². The summed E-state index contributed by atoms with van der Waals surface area (Å²) in [6.07, 6.45) is 3.50. The molecule has 0 aliphatic heterocycles. The summed E-state index contributed by atoms with van der Waals surface area (Å²) in [5.41, 5.74) is 3.65. The molecule has 6 heteroatoms. The summed E-state index contributed by atoms with van der Waals surface area (Å²) in [7, 11) is 0. The van der Waals surface area contributed by atoms with Crippen molar-refractivity contribution in [3.8, 4) is 17.1 Å². The molecule has 0 unspecified atom stereocenters. The Morgan fingerprint density at radius 3 is 2.40 bits per heavy atom. The predicted octanol–water partition coefficient (Wildman–Crippen LogP) is 3.81. The molecule has 0 aliphatic rings. The van der Waals surface area contributed by atoms with Crippen molar-refractivity contribution >= 4 is 11.8 Å². The largest absolute Gasteiger partial charge is 0.390 e. The third-order valence-electron chi connectivity index (χ3n) is 3.88. The van der Waals surface area contributed by atoms with Gasteiger partial charge in [0, 0.05) is 23.7 Å². The summed E-state index contributed by atoms with van der Waals surface area (Å²) in [4.78, 5) is 4.08. The standard InChI is InChI=1S/C19H22N4OS/c1-13-5-6-16(11-14(13)2)23-17(15-7-9-20-10-8-15)21-22-18(23)25-12-19(3,4)24/h5-11,24H,12H2,1-4H3. The molecular formula is C19H22N4OS. The SMILES string of the molecule is Cc1ccc(-n2c(SCC(C)(C)O)nnc2-c2ccncc2)cc1C. The van der Waals surface area contributed by atoms with Crippen LogP contribution in [0, 0.1) is 13.8 Å². The van der Waals surface area contributed by atoms with Gasteiger partial charge in [0.25, 0.3) is 0 Å². The first-order valence-electron chi connectivity index (χ1n) is 8.14. The van der Waals surface area contributed by atoms with Crippen LogP contribution >= 0.6 is 11.8 Å². The Bertz CT molecular complexity index is 869. The van der Waals surface area contributed by atoms with Gasteiger partial charge in [-0.3, -0.25) is 9.55 Å². The molecule has 2 heterocycles. The van der Waals surface area contributed by atoms with E-state index in [2.05, 4.69) is 47.2 Å². The van der Waals surface area contributed by atoms with E-state index in [0.717, 1.165) is 22.2 Å². The van der Waals surface area contributed by atoms with Crippen molar-refractivity contribution in [2.24, 2.45) is 0 Å². The van der Waals surface area contributed by atoms with Gasteiger partial charge in [-0.15, -0.1) is 10.2 Å². The zero-order chi connectivity index (χ0) is 18.0. The number of hydrogen-bond acceptors (Lipinski definition) is 5. The van der Waals surface area contributed by atoms with E-state index in [1.807, 2.05) is 16.7 Å². The zero-order valence-electron chi connectivity index (χ0n) is 14.9. The molecule has 1 aromatic carbocycles. The van der Waals surface area contributed by atoms with Crippen LogP contribution in [0.1, 0.15) is 25.0 Å². The normalized spacial score (nSPS) is 11.7. The van der Waals surface area contributed by atoms with E-state index in [1.165, 1.54) is 22.9 Å². The van der Waals surface area contributed by atoms with Crippen molar-refractivity contribution in [3.63, 3.8) is 0 Å². The van der Waals surface area contributed by atoms with Crippen LogP contribution in [0.3, 0.4) is 0 Å². The number of aliphatic hydroxyl groups is 1. The monoisotopic (exact) mass is 354 g/mol. The van der Waals surface area contributed by atoms with E-state index >= 15 is 0 Å². The molecule has 0 bridgehead atoms. The van der Waals surface area contributed by atoms with Crippen molar-refractivity contribution in [2.75, 3.05) is 5.75 Å². The van der Waals surface area contributed by atoms with Crippen LogP contribution in [0.2, 0.25) is 0 Å². The maximum atomic E-state index is 10.1. The second kappa shape index (κ2) is 6.98. The third kappa shape index (κ3) is 4.08. The molecule has 1 N–H and O–H groups in total. The summed E-state index contributed by atoms with van der Waals surface area (Å²) >= 11 is 1.50. The Hall–Kier alpha value is -2.18. The van der Waals surface area contributed by atoms with E-state index in [4.69, 9.17) is 0 Å². The molecule has 130 valence electrons. The minimum absolute atomic E-state index is 0.534. The lowest BCUT2D eigenvalue weighted by Gasteiger charge is -2.17. The van der Waals surface area contributed by atoms with Gasteiger partial charge in [0.05, 0.1) is 11.3 Å². The van der Waals surface area contributed by atoms with Crippen LogP contribution < -0.4 is 0 Å². The van der Waals surface area contributed by atoms with E-state index in [9.17, 15) is 5.11 Å². The number of rotatable bonds is 5. The van der Waals surface area contributed by atoms with Gasteiger partial charge in [0.15, 0.2) is 11.0 Å². The highest BCUT2D eigenvalue weighted by Crippen LogP contribution is 2.30. The first-order valence-corrected chi connectivity index (χ1v) is 9.12. The molecule has 0 amide bonds. The van der Waals surface area contributed by atoms with Crippen LogP contribution in [-0.2, 0) is 0 Å². The molecule has 0 radical (unpaired) electrons. The molecule has 0 aliphatic carbocycles. The highest BCUT2D eigenvalue weighted by atomic mass is 32.2. The van der Waals surface area contributed by atoms with E-state index in [1.54, 1.807) is 26.2 Å². The molecule has 3 rings (SSSR count). The molecule has 0 fully saturated rings. The van der Waals surface area contributed by atoms with Crippen LogP contribution in [0.5, 0.6) is 0 Å². The van der Waals surface area contributed by atoms with Crippen molar-refractivity contribution < 1.29 is 5.11 Å². The second-order valence-electron chi connectivity index (χ2n) is 6.75. The molecule has 0 saturated heterocycles. The smallest absolute Gasteiger partial charge is 0.196 e. The minimum atomic E-state index is -0.776. The molecule has 5 nitrogen and oxygen atoms in total. The summed E-state index contributed by atoms with van der Waals surface area (Å²) in [5, 5.41) is 19.6. The molecule has 25 heavy (non-hydrogen) atoms. The average Bonchev–Trinajstić information content (AvgIpc) is 3.00. The molecule has 0 atom stereocenters. The van der Waals surface area contributed by atoms with Gasteiger partial charge >= 0.3 is 0 Å². The zero-order valence-corrected chi connectivity index (χ0v) is 15.7. The fourth-order valence-corrected chi connectivity index (χ4v) is 3.29. The first-order chi connectivity index (χ1) is 11.8. The van der Waals surface area contributed by atoms with Crippen LogP contribution in [0.25, 0.3) is 17.1 Å². The fourth-order valence-electron chi connectivity index (χ4n) is 2.39. The molecule has 0 spiro atoms. The van der Waals surface area contributed by atoms with Gasteiger partial charge < -0.3 is 5.11 Å². The molecule has 3 aromatic rings. The van der Waals surface area contributed by atoms with E-state index < -0.39 is 5.60 Å². The average molecular weight is 354 g/mol. The molecule has 2 aromatic heterocycles. The van der Waals surface area contributed by atoms with Gasteiger partial charge in [-0.1, -0.05) is 17.8 Å². The Morgan fingerprint density at radius 1 is 1.04 bits per heavy atom. The first kappa shape index (κ1) is 17.6. The maximum Gasteiger partial charge on any atom is 0.196 e. The number of hydrogen-bond donors (Lipinski definition) is 1. The summed E-state index contributed by atoms with van der Waals surface area (Å²) in [5.74, 6) is 1.30. The van der Waals surface area contributed by atoms with E-state index in [0.29, 0.717) is 5.75 Å². The fraction of sp³-hybridized carbons (Fsp3) is 0.316. The second-order valence-corrected chi connectivity index (χ2v) is 7.69. The lowest BCUT2D eigenvalue weighted by molar-refractivity contribution is 0.107. The summed E-state index contributed by atoms with van der Waals surface area (Å²) in [6, 6.07) is 10.2. The number of aryl methyl sites for hydroxylation is 2. The molecular weight excluding hydrogens is 332 g/mol. The number of aromatic nitrogens is 4. The topological polar surface area (TPSA) is 63.8 Å². The van der Waals surface area contributed by atoms with E-state index in [-0.39, 0.29) is 0 Å². The summed E-state index contributed by atoms with van der Waals surface area (Å²) < 4.78 is 2.04. The summed E-state index contributed by atoms with van der Waals surface area (Å²) in [6.45, 7) is 7.78. The van der Waals surface area contributed by atoms with Crippen molar-refractivity contribution in [1.29, 1.82) is 0 Å². The number of nitrogens with zero attached hydrogens (tertiary/aromatic N) is 4. The van der Waals surface area contributed by atoms with Crippen LogP contribution in [0.15, 0.2) is 47.9 Å². The predicted molar refractivity (Wildman–Crippen MR) is 101 cm³/mol. The van der Waals surface area contributed by atoms with Gasteiger partial charge in [-0.2, -0.15) is 0 Å². The van der Waals surface area contributed by atoms with Crippen LogP contribution in [-0.4, -0.2) is 36.2 Å². The van der Waals surface area contributed by atoms with Gasteiger partial charge in [0.2, 0.25) is 0 Å². The number of benzene rings is 1. The minimum Gasteiger partial charge on any atom is -0.390 e.